The molecular formula is C50H31NO2. The van der Waals surface area contributed by atoms with Gasteiger partial charge in [-0.1, -0.05) is 140 Å². The van der Waals surface area contributed by atoms with Gasteiger partial charge in [-0.3, -0.25) is 0 Å². The molecule has 0 atom stereocenters. The zero-order valence-electron chi connectivity index (χ0n) is 28.7. The van der Waals surface area contributed by atoms with Crippen LogP contribution in [-0.2, 0) is 0 Å². The molecule has 0 unspecified atom stereocenters. The molecule has 53 heavy (non-hydrogen) atoms. The predicted molar refractivity (Wildman–Crippen MR) is 222 cm³/mol. The first-order valence-electron chi connectivity index (χ1n) is 18.0. The maximum atomic E-state index is 6.96. The van der Waals surface area contributed by atoms with Crippen LogP contribution < -0.4 is 4.90 Å². The van der Waals surface area contributed by atoms with Crippen LogP contribution in [0.25, 0.3) is 87.7 Å². The van der Waals surface area contributed by atoms with Crippen molar-refractivity contribution in [2.75, 3.05) is 4.90 Å². The molecule has 3 heteroatoms. The molecular weight excluding hydrogens is 647 g/mol. The molecule has 0 aliphatic rings. The molecule has 0 N–H and O–H groups in total. The van der Waals surface area contributed by atoms with E-state index in [0.717, 1.165) is 88.6 Å². The molecule has 2 heterocycles. The van der Waals surface area contributed by atoms with Crippen LogP contribution in [0.15, 0.2) is 197 Å². The minimum absolute atomic E-state index is 0.857. The van der Waals surface area contributed by atoms with Gasteiger partial charge in [0.2, 0.25) is 0 Å². The summed E-state index contributed by atoms with van der Waals surface area (Å²) in [4.78, 5) is 2.36. The second-order valence-corrected chi connectivity index (χ2v) is 13.7. The lowest BCUT2D eigenvalue weighted by Gasteiger charge is -2.27. The highest BCUT2D eigenvalue weighted by Gasteiger charge is 2.22. The van der Waals surface area contributed by atoms with Gasteiger partial charge in [0, 0.05) is 38.2 Å². The van der Waals surface area contributed by atoms with Gasteiger partial charge < -0.3 is 13.7 Å². The van der Waals surface area contributed by atoms with E-state index in [-0.39, 0.29) is 0 Å². The minimum Gasteiger partial charge on any atom is -0.456 e. The Kier molecular flexibility index (Phi) is 6.55. The molecule has 11 aromatic rings. The smallest absolute Gasteiger partial charge is 0.159 e. The number of rotatable bonds is 5. The highest BCUT2D eigenvalue weighted by atomic mass is 16.3. The number of fused-ring (bicyclic) bond motifs is 8. The molecule has 0 fully saturated rings. The number of para-hydroxylation sites is 3. The van der Waals surface area contributed by atoms with E-state index in [1.54, 1.807) is 0 Å². The Morgan fingerprint density at radius 2 is 0.962 bits per heavy atom. The largest absolute Gasteiger partial charge is 0.456 e. The van der Waals surface area contributed by atoms with Gasteiger partial charge in [-0.15, -0.1) is 0 Å². The lowest BCUT2D eigenvalue weighted by atomic mass is 9.99. The third kappa shape index (κ3) is 4.75. The predicted octanol–water partition coefficient (Wildman–Crippen LogP) is 14.6. The monoisotopic (exact) mass is 677 g/mol. The number of benzene rings is 9. The lowest BCUT2D eigenvalue weighted by molar-refractivity contribution is 0.669. The Balaban J connectivity index is 1.09. The lowest BCUT2D eigenvalue weighted by Crippen LogP contribution is -2.10. The molecule has 0 aliphatic carbocycles. The molecule has 248 valence electrons. The van der Waals surface area contributed by atoms with Gasteiger partial charge in [0.25, 0.3) is 0 Å². The van der Waals surface area contributed by atoms with Crippen LogP contribution in [0.3, 0.4) is 0 Å². The summed E-state index contributed by atoms with van der Waals surface area (Å²) in [6.45, 7) is 0. The Labute approximate surface area is 305 Å². The molecule has 0 radical (unpaired) electrons. The summed E-state index contributed by atoms with van der Waals surface area (Å²) in [6.07, 6.45) is 0. The summed E-state index contributed by atoms with van der Waals surface area (Å²) in [5.74, 6) is 0. The van der Waals surface area contributed by atoms with E-state index in [9.17, 15) is 0 Å². The van der Waals surface area contributed by atoms with Gasteiger partial charge in [0.1, 0.15) is 16.7 Å². The van der Waals surface area contributed by atoms with E-state index >= 15 is 0 Å². The van der Waals surface area contributed by atoms with Crippen LogP contribution >= 0.6 is 0 Å². The van der Waals surface area contributed by atoms with Crippen molar-refractivity contribution >= 4 is 82.5 Å². The number of hydrogen-bond donors (Lipinski definition) is 0. The van der Waals surface area contributed by atoms with Crippen molar-refractivity contribution in [3.05, 3.63) is 188 Å². The summed E-state index contributed by atoms with van der Waals surface area (Å²) in [5.41, 5.74) is 11.2. The van der Waals surface area contributed by atoms with Gasteiger partial charge in [0.05, 0.1) is 11.4 Å². The summed E-state index contributed by atoms with van der Waals surface area (Å²) in [5, 5.41) is 9.16. The Hall–Kier alpha value is -7.10. The first-order chi connectivity index (χ1) is 26.3. The van der Waals surface area contributed by atoms with Crippen LogP contribution in [0.5, 0.6) is 0 Å². The Morgan fingerprint density at radius 3 is 1.89 bits per heavy atom. The van der Waals surface area contributed by atoms with E-state index in [0.29, 0.717) is 0 Å². The number of furan rings is 2. The average Bonchev–Trinajstić information content (AvgIpc) is 3.80. The molecule has 0 saturated carbocycles. The normalized spacial score (nSPS) is 11.8. The van der Waals surface area contributed by atoms with Gasteiger partial charge in [-0.05, 0) is 81.4 Å². The van der Waals surface area contributed by atoms with E-state index in [1.165, 1.54) is 16.2 Å². The van der Waals surface area contributed by atoms with Crippen LogP contribution in [0.4, 0.5) is 17.1 Å². The maximum absolute atomic E-state index is 6.96. The molecule has 0 bridgehead atoms. The molecule has 2 aromatic heterocycles. The van der Waals surface area contributed by atoms with Crippen molar-refractivity contribution in [1.29, 1.82) is 0 Å². The molecule has 0 spiro atoms. The summed E-state index contributed by atoms with van der Waals surface area (Å²) < 4.78 is 13.2. The molecule has 9 aromatic carbocycles. The maximum Gasteiger partial charge on any atom is 0.159 e. The second-order valence-electron chi connectivity index (χ2n) is 13.7. The van der Waals surface area contributed by atoms with E-state index < -0.39 is 0 Å². The van der Waals surface area contributed by atoms with E-state index in [4.69, 9.17) is 8.83 Å². The standard InChI is InChI=1S/C50H31NO2/c1-2-11-33(12-3-1)40-17-9-18-43-44-19-10-21-46(50(44)53-49(40)43)51(45-20-8-14-32-13-4-5-15-39(32)45)38-27-25-35-29-34(23-24-36(35)30-38)37-26-28-42-41-16-6-7-22-47(41)52-48(42)31-37/h1-31H. The number of hydrogen-bond acceptors (Lipinski definition) is 3. The second kappa shape index (κ2) is 11.7. The third-order valence-corrected chi connectivity index (χ3v) is 10.6. The third-order valence-electron chi connectivity index (χ3n) is 10.6. The van der Waals surface area contributed by atoms with E-state index in [2.05, 4.69) is 175 Å². The zero-order chi connectivity index (χ0) is 34.9. The van der Waals surface area contributed by atoms with Gasteiger partial charge in [-0.25, -0.2) is 0 Å². The van der Waals surface area contributed by atoms with E-state index in [1.807, 2.05) is 18.2 Å². The van der Waals surface area contributed by atoms with Gasteiger partial charge in [-0.2, -0.15) is 0 Å². The highest BCUT2D eigenvalue weighted by Crippen LogP contribution is 2.46. The quantitative estimate of drug-likeness (QED) is 0.182. The summed E-state index contributed by atoms with van der Waals surface area (Å²) in [7, 11) is 0. The molecule has 0 aliphatic heterocycles. The first kappa shape index (κ1) is 29.6. The van der Waals surface area contributed by atoms with Crippen molar-refractivity contribution in [3.8, 4) is 22.3 Å². The fraction of sp³-hybridized carbons (Fsp3) is 0. The SMILES string of the molecule is c1ccc(-c2cccc3c2oc2c(N(c4ccc5cc(-c6ccc7c(c6)oc6ccccc67)ccc5c4)c4cccc5ccccc45)cccc23)cc1. The molecule has 0 amide bonds. The van der Waals surface area contributed by atoms with Crippen molar-refractivity contribution in [3.63, 3.8) is 0 Å². The highest BCUT2D eigenvalue weighted by molar-refractivity contribution is 6.14. The molecule has 11 rings (SSSR count). The van der Waals surface area contributed by atoms with Gasteiger partial charge in [0.15, 0.2) is 5.58 Å². The fourth-order valence-corrected chi connectivity index (χ4v) is 8.09. The summed E-state index contributed by atoms with van der Waals surface area (Å²) >= 11 is 0. The zero-order valence-corrected chi connectivity index (χ0v) is 28.7. The van der Waals surface area contributed by atoms with Crippen LogP contribution in [0.1, 0.15) is 0 Å². The fourth-order valence-electron chi connectivity index (χ4n) is 8.09. The topological polar surface area (TPSA) is 29.5 Å². The molecule has 0 saturated heterocycles. The van der Waals surface area contributed by atoms with Crippen LogP contribution in [0.2, 0.25) is 0 Å². The van der Waals surface area contributed by atoms with Crippen LogP contribution in [-0.4, -0.2) is 0 Å². The molecule has 3 nitrogen and oxygen atoms in total. The first-order valence-corrected chi connectivity index (χ1v) is 18.0. The minimum atomic E-state index is 0.857. The number of anilines is 3. The Morgan fingerprint density at radius 1 is 0.321 bits per heavy atom. The van der Waals surface area contributed by atoms with Gasteiger partial charge >= 0.3 is 0 Å². The number of nitrogens with zero attached hydrogens (tertiary/aromatic N) is 1. The van der Waals surface area contributed by atoms with Crippen molar-refractivity contribution in [1.82, 2.24) is 0 Å². The van der Waals surface area contributed by atoms with Crippen molar-refractivity contribution in [2.45, 2.75) is 0 Å². The van der Waals surface area contributed by atoms with Crippen molar-refractivity contribution < 1.29 is 8.83 Å². The van der Waals surface area contributed by atoms with Crippen molar-refractivity contribution in [2.24, 2.45) is 0 Å². The Bertz CT molecular complexity index is 3180. The summed E-state index contributed by atoms with van der Waals surface area (Å²) in [6, 6.07) is 66.8. The van der Waals surface area contributed by atoms with Crippen LogP contribution in [0, 0.1) is 0 Å². The average molecular weight is 678 g/mol.